The summed E-state index contributed by atoms with van der Waals surface area (Å²) >= 11 is 3.41. The molecule has 2 atom stereocenters. The van der Waals surface area contributed by atoms with Crippen molar-refractivity contribution in [3.05, 3.63) is 34.3 Å². The van der Waals surface area contributed by atoms with Gasteiger partial charge in [0.05, 0.1) is 19.1 Å². The molecule has 1 aromatic rings. The summed E-state index contributed by atoms with van der Waals surface area (Å²) in [7, 11) is 0. The first-order chi connectivity index (χ1) is 10.1. The van der Waals surface area contributed by atoms with Gasteiger partial charge in [0.15, 0.2) is 5.79 Å². The van der Waals surface area contributed by atoms with Gasteiger partial charge in [0.2, 0.25) is 0 Å². The smallest absolute Gasteiger partial charge is 0.169 e. The molecule has 1 aromatic carbocycles. The molecule has 4 heteroatoms. The lowest BCUT2D eigenvalue weighted by Gasteiger charge is -2.37. The molecule has 21 heavy (non-hydrogen) atoms. The number of hydrogen-bond acceptors (Lipinski definition) is 3. The number of ketones is 1. The van der Waals surface area contributed by atoms with Crippen molar-refractivity contribution in [3.8, 4) is 12.3 Å². The van der Waals surface area contributed by atoms with Crippen LogP contribution in [0.3, 0.4) is 0 Å². The molecule has 0 unspecified atom stereocenters. The molecule has 1 saturated carbocycles. The fourth-order valence-electron chi connectivity index (χ4n) is 3.23. The summed E-state index contributed by atoms with van der Waals surface area (Å²) in [5, 5.41) is 0. The van der Waals surface area contributed by atoms with Crippen molar-refractivity contribution in [2.75, 3.05) is 13.2 Å². The van der Waals surface area contributed by atoms with Gasteiger partial charge in [0.25, 0.3) is 0 Å². The van der Waals surface area contributed by atoms with Gasteiger partial charge in [-0.25, -0.2) is 0 Å². The van der Waals surface area contributed by atoms with Gasteiger partial charge in [-0.15, -0.1) is 6.42 Å². The van der Waals surface area contributed by atoms with Crippen LogP contribution in [0.25, 0.3) is 0 Å². The van der Waals surface area contributed by atoms with E-state index < -0.39 is 5.79 Å². The number of Topliss-reactive ketones (excluding diaryl/α,β-unsaturated/α-hetero) is 1. The van der Waals surface area contributed by atoms with Crippen LogP contribution in [0, 0.1) is 18.3 Å². The Labute approximate surface area is 133 Å². The molecule has 3 nitrogen and oxygen atoms in total. The molecule has 0 N–H and O–H groups in total. The minimum atomic E-state index is -0.594. The van der Waals surface area contributed by atoms with Crippen LogP contribution in [-0.4, -0.2) is 24.8 Å². The lowest BCUT2D eigenvalue weighted by Crippen LogP contribution is -2.42. The third kappa shape index (κ3) is 2.91. The van der Waals surface area contributed by atoms with Gasteiger partial charge >= 0.3 is 0 Å². The quantitative estimate of drug-likeness (QED) is 0.769. The zero-order valence-electron chi connectivity index (χ0n) is 11.7. The number of hydrogen-bond donors (Lipinski definition) is 0. The molecule has 110 valence electrons. The molecular weight excluding hydrogens is 332 g/mol. The highest BCUT2D eigenvalue weighted by Crippen LogP contribution is 2.42. The van der Waals surface area contributed by atoms with Crippen LogP contribution < -0.4 is 0 Å². The second kappa shape index (κ2) is 5.92. The normalized spacial score (nSPS) is 25.7. The van der Waals surface area contributed by atoms with E-state index in [0.717, 1.165) is 10.0 Å². The van der Waals surface area contributed by atoms with Gasteiger partial charge in [-0.1, -0.05) is 34.0 Å². The Morgan fingerprint density at radius 2 is 1.95 bits per heavy atom. The minimum absolute atomic E-state index is 0.214. The second-order valence-corrected chi connectivity index (χ2v) is 6.50. The largest absolute Gasteiger partial charge is 0.347 e. The molecule has 0 radical (unpaired) electrons. The Morgan fingerprint density at radius 1 is 1.29 bits per heavy atom. The highest BCUT2D eigenvalue weighted by molar-refractivity contribution is 9.10. The first-order valence-electron chi connectivity index (χ1n) is 7.16. The van der Waals surface area contributed by atoms with Crippen LogP contribution in [0.5, 0.6) is 0 Å². The Bertz CT molecular complexity index is 567. The van der Waals surface area contributed by atoms with E-state index in [1.54, 1.807) is 0 Å². The van der Waals surface area contributed by atoms with E-state index >= 15 is 0 Å². The summed E-state index contributed by atoms with van der Waals surface area (Å²) in [5.41, 5.74) is 0.995. The first-order valence-corrected chi connectivity index (χ1v) is 7.95. The summed E-state index contributed by atoms with van der Waals surface area (Å²) in [6.07, 6.45) is 7.39. The molecule has 1 aliphatic heterocycles. The van der Waals surface area contributed by atoms with E-state index in [9.17, 15) is 4.79 Å². The lowest BCUT2D eigenvalue weighted by atomic mass is 9.74. The van der Waals surface area contributed by atoms with E-state index in [1.165, 1.54) is 0 Å². The van der Waals surface area contributed by atoms with Crippen molar-refractivity contribution in [2.24, 2.45) is 5.92 Å². The van der Waals surface area contributed by atoms with Gasteiger partial charge in [-0.05, 0) is 17.7 Å². The zero-order chi connectivity index (χ0) is 14.9. The number of terminal acetylenes is 1. The summed E-state index contributed by atoms with van der Waals surface area (Å²) < 4.78 is 12.5. The van der Waals surface area contributed by atoms with Crippen LogP contribution in [0.15, 0.2) is 28.7 Å². The van der Waals surface area contributed by atoms with E-state index in [0.29, 0.717) is 32.5 Å². The number of rotatable bonds is 2. The maximum Gasteiger partial charge on any atom is 0.169 e. The third-order valence-electron chi connectivity index (χ3n) is 4.32. The molecule has 2 fully saturated rings. The molecule has 0 bridgehead atoms. The van der Waals surface area contributed by atoms with Crippen molar-refractivity contribution < 1.29 is 14.3 Å². The summed E-state index contributed by atoms with van der Waals surface area (Å²) in [6.45, 7) is 1.19. The fourth-order valence-corrected chi connectivity index (χ4v) is 3.49. The highest BCUT2D eigenvalue weighted by atomic mass is 79.9. The van der Waals surface area contributed by atoms with Crippen LogP contribution >= 0.6 is 15.9 Å². The van der Waals surface area contributed by atoms with E-state index in [2.05, 4.69) is 21.9 Å². The number of carbonyl (C=O) groups is 1. The lowest BCUT2D eigenvalue weighted by molar-refractivity contribution is -0.189. The second-order valence-electron chi connectivity index (χ2n) is 5.58. The number of ether oxygens (including phenoxy) is 2. The maximum absolute atomic E-state index is 12.4. The molecule has 1 spiro atoms. The average Bonchev–Trinajstić information content (AvgIpc) is 2.94. The number of halogens is 1. The fraction of sp³-hybridized carbons (Fsp3) is 0.471. The van der Waals surface area contributed by atoms with Crippen molar-refractivity contribution in [1.82, 2.24) is 0 Å². The van der Waals surface area contributed by atoms with E-state index in [1.807, 2.05) is 24.3 Å². The predicted octanol–water partition coefficient (Wildman–Crippen LogP) is 3.28. The Hall–Kier alpha value is -1.15. The van der Waals surface area contributed by atoms with Crippen LogP contribution in [0.1, 0.15) is 30.7 Å². The molecular formula is C17H17BrO3. The Balaban J connectivity index is 1.86. The molecule has 2 aliphatic rings. The summed E-state index contributed by atoms with van der Waals surface area (Å²) in [4.78, 5) is 12.4. The van der Waals surface area contributed by atoms with Crippen molar-refractivity contribution in [3.63, 3.8) is 0 Å². The van der Waals surface area contributed by atoms with Gasteiger partial charge in [0, 0.05) is 29.7 Å². The molecule has 0 aromatic heterocycles. The average molecular weight is 349 g/mol. The van der Waals surface area contributed by atoms with Gasteiger partial charge in [-0.2, -0.15) is 0 Å². The summed E-state index contributed by atoms with van der Waals surface area (Å²) in [5.74, 6) is 1.96. The van der Waals surface area contributed by atoms with Gasteiger partial charge in [-0.3, -0.25) is 4.79 Å². The molecule has 0 amide bonds. The van der Waals surface area contributed by atoms with Crippen molar-refractivity contribution in [2.45, 2.75) is 31.0 Å². The Morgan fingerprint density at radius 3 is 2.57 bits per heavy atom. The molecule has 1 saturated heterocycles. The van der Waals surface area contributed by atoms with Gasteiger partial charge < -0.3 is 9.47 Å². The monoisotopic (exact) mass is 348 g/mol. The minimum Gasteiger partial charge on any atom is -0.347 e. The Kier molecular flexibility index (Phi) is 4.17. The van der Waals surface area contributed by atoms with E-state index in [4.69, 9.17) is 15.9 Å². The molecule has 1 heterocycles. The number of benzene rings is 1. The molecule has 1 aliphatic carbocycles. The van der Waals surface area contributed by atoms with Gasteiger partial charge in [0.1, 0.15) is 5.78 Å². The van der Waals surface area contributed by atoms with Crippen LogP contribution in [0.2, 0.25) is 0 Å². The number of carbonyl (C=O) groups excluding carboxylic acids is 1. The van der Waals surface area contributed by atoms with Crippen LogP contribution in [0.4, 0.5) is 0 Å². The van der Waals surface area contributed by atoms with E-state index in [-0.39, 0.29) is 17.6 Å². The zero-order valence-corrected chi connectivity index (χ0v) is 13.3. The highest BCUT2D eigenvalue weighted by Gasteiger charge is 2.46. The maximum atomic E-state index is 12.4. The third-order valence-corrected chi connectivity index (χ3v) is 4.85. The topological polar surface area (TPSA) is 35.5 Å². The first kappa shape index (κ1) is 14.8. The van der Waals surface area contributed by atoms with Crippen molar-refractivity contribution in [1.29, 1.82) is 0 Å². The SMILES string of the molecule is C#C[C@H](c1ccc(Br)cc1)[C@@H]1CC2(CCC1=O)OCCO2. The summed E-state index contributed by atoms with van der Waals surface area (Å²) in [6, 6.07) is 7.84. The van der Waals surface area contributed by atoms with Crippen LogP contribution in [-0.2, 0) is 14.3 Å². The van der Waals surface area contributed by atoms with Crippen molar-refractivity contribution >= 4 is 21.7 Å². The standard InChI is InChI=1S/C17H17BrO3/c1-2-14(12-3-5-13(18)6-4-12)15-11-17(8-7-16(15)19)20-9-10-21-17/h1,3-6,14-15H,7-11H2/t14-,15+/m1/s1. The predicted molar refractivity (Wildman–Crippen MR) is 82.7 cm³/mol. The molecule has 3 rings (SSSR count).